The fraction of sp³-hybridized carbons (Fsp3) is 0.533. The van der Waals surface area contributed by atoms with Gasteiger partial charge in [-0.05, 0) is 31.9 Å². The number of hydrogen-bond donors (Lipinski definition) is 2. The number of ether oxygens (including phenoxy) is 1. The van der Waals surface area contributed by atoms with Crippen LogP contribution in [0.15, 0.2) is 12.1 Å². The van der Waals surface area contributed by atoms with E-state index in [2.05, 4.69) is 15.4 Å². The lowest BCUT2D eigenvalue weighted by Crippen LogP contribution is -2.37. The zero-order valence-electron chi connectivity index (χ0n) is 12.9. The SMILES string of the molecule is COC(=O)CCCCCNC(=O)CNC(=O)c1ccc(C)s1. The molecule has 0 radical (unpaired) electrons. The van der Waals surface area contributed by atoms with Crippen LogP contribution in [0, 0.1) is 6.92 Å². The Bertz CT molecular complexity index is 513. The number of hydrogen-bond acceptors (Lipinski definition) is 5. The molecule has 0 fully saturated rings. The predicted molar refractivity (Wildman–Crippen MR) is 84.9 cm³/mol. The number of carbonyl (C=O) groups excluding carboxylic acids is 3. The normalized spacial score (nSPS) is 10.1. The van der Waals surface area contributed by atoms with Gasteiger partial charge in [-0.25, -0.2) is 0 Å². The van der Waals surface area contributed by atoms with Gasteiger partial charge in [0.1, 0.15) is 0 Å². The van der Waals surface area contributed by atoms with Gasteiger partial charge in [-0.2, -0.15) is 0 Å². The number of rotatable bonds is 9. The summed E-state index contributed by atoms with van der Waals surface area (Å²) in [7, 11) is 1.37. The van der Waals surface area contributed by atoms with E-state index in [4.69, 9.17) is 0 Å². The molecule has 2 amide bonds. The summed E-state index contributed by atoms with van der Waals surface area (Å²) in [5.41, 5.74) is 0. The monoisotopic (exact) mass is 326 g/mol. The van der Waals surface area contributed by atoms with Crippen LogP contribution in [-0.4, -0.2) is 38.0 Å². The maximum atomic E-state index is 11.7. The van der Waals surface area contributed by atoms with Crippen LogP contribution in [0.4, 0.5) is 0 Å². The minimum Gasteiger partial charge on any atom is -0.469 e. The zero-order valence-corrected chi connectivity index (χ0v) is 13.8. The van der Waals surface area contributed by atoms with Crippen molar-refractivity contribution < 1.29 is 19.1 Å². The first kappa shape index (κ1) is 18.2. The summed E-state index contributed by atoms with van der Waals surface area (Å²) < 4.78 is 4.54. The zero-order chi connectivity index (χ0) is 16.4. The molecule has 0 saturated carbocycles. The predicted octanol–water partition coefficient (Wildman–Crippen LogP) is 1.64. The topological polar surface area (TPSA) is 84.5 Å². The van der Waals surface area contributed by atoms with Crippen LogP contribution in [-0.2, 0) is 14.3 Å². The van der Waals surface area contributed by atoms with Gasteiger partial charge in [0.05, 0.1) is 18.5 Å². The van der Waals surface area contributed by atoms with Crippen molar-refractivity contribution in [2.45, 2.75) is 32.6 Å². The summed E-state index contributed by atoms with van der Waals surface area (Å²) >= 11 is 1.40. The van der Waals surface area contributed by atoms with Crippen LogP contribution in [0.25, 0.3) is 0 Å². The number of amides is 2. The van der Waals surface area contributed by atoms with Gasteiger partial charge in [0.25, 0.3) is 5.91 Å². The average Bonchev–Trinajstić information content (AvgIpc) is 2.94. The number of unbranched alkanes of at least 4 members (excludes halogenated alkanes) is 2. The Morgan fingerprint density at radius 2 is 1.91 bits per heavy atom. The van der Waals surface area contributed by atoms with Crippen molar-refractivity contribution in [2.75, 3.05) is 20.2 Å². The highest BCUT2D eigenvalue weighted by Gasteiger charge is 2.09. The summed E-state index contributed by atoms with van der Waals surface area (Å²) in [5, 5.41) is 5.32. The molecule has 22 heavy (non-hydrogen) atoms. The van der Waals surface area contributed by atoms with E-state index in [1.54, 1.807) is 6.07 Å². The summed E-state index contributed by atoms with van der Waals surface area (Å²) in [6.45, 7) is 2.43. The minimum absolute atomic E-state index is 0.0298. The molecule has 0 aromatic carbocycles. The lowest BCUT2D eigenvalue weighted by molar-refractivity contribution is -0.140. The van der Waals surface area contributed by atoms with E-state index >= 15 is 0 Å². The lowest BCUT2D eigenvalue weighted by atomic mass is 10.2. The fourth-order valence-corrected chi connectivity index (χ4v) is 2.55. The number of aryl methyl sites for hydroxylation is 1. The Hall–Kier alpha value is -1.89. The highest BCUT2D eigenvalue weighted by atomic mass is 32.1. The molecule has 7 heteroatoms. The number of thiophene rings is 1. The third-order valence-corrected chi connectivity index (χ3v) is 3.98. The van der Waals surface area contributed by atoms with Gasteiger partial charge in [0.2, 0.25) is 5.91 Å². The third kappa shape index (κ3) is 7.21. The summed E-state index contributed by atoms with van der Waals surface area (Å²) in [4.78, 5) is 35.9. The maximum absolute atomic E-state index is 11.7. The Morgan fingerprint density at radius 1 is 1.14 bits per heavy atom. The minimum atomic E-state index is -0.230. The summed E-state index contributed by atoms with van der Waals surface area (Å²) in [6.07, 6.45) is 2.79. The first-order chi connectivity index (χ1) is 10.5. The quantitative estimate of drug-likeness (QED) is 0.534. The van der Waals surface area contributed by atoms with Crippen molar-refractivity contribution in [1.82, 2.24) is 10.6 Å². The number of carbonyl (C=O) groups is 3. The Balaban J connectivity index is 2.06. The van der Waals surface area contributed by atoms with E-state index in [0.29, 0.717) is 17.8 Å². The van der Waals surface area contributed by atoms with Gasteiger partial charge < -0.3 is 15.4 Å². The largest absolute Gasteiger partial charge is 0.469 e. The molecular weight excluding hydrogens is 304 g/mol. The third-order valence-electron chi connectivity index (χ3n) is 2.98. The van der Waals surface area contributed by atoms with Crippen LogP contribution in [0.3, 0.4) is 0 Å². The fourth-order valence-electron chi connectivity index (χ4n) is 1.77. The van der Waals surface area contributed by atoms with E-state index in [1.165, 1.54) is 18.4 Å². The van der Waals surface area contributed by atoms with Crippen LogP contribution in [0.1, 0.15) is 40.2 Å². The molecule has 1 rings (SSSR count). The second kappa shape index (κ2) is 9.94. The average molecular weight is 326 g/mol. The van der Waals surface area contributed by atoms with Gasteiger partial charge >= 0.3 is 5.97 Å². The molecule has 0 aliphatic carbocycles. The molecule has 1 aromatic rings. The molecule has 0 bridgehead atoms. The highest BCUT2D eigenvalue weighted by molar-refractivity contribution is 7.13. The van der Waals surface area contributed by atoms with E-state index < -0.39 is 0 Å². The smallest absolute Gasteiger partial charge is 0.305 e. The van der Waals surface area contributed by atoms with E-state index in [9.17, 15) is 14.4 Å². The molecule has 0 aliphatic heterocycles. The van der Waals surface area contributed by atoms with Crippen molar-refractivity contribution in [1.29, 1.82) is 0 Å². The molecule has 1 aromatic heterocycles. The molecule has 6 nitrogen and oxygen atoms in total. The first-order valence-corrected chi connectivity index (χ1v) is 8.02. The number of esters is 1. The Labute approximate surface area is 134 Å². The molecule has 1 heterocycles. The number of methoxy groups -OCH3 is 1. The van der Waals surface area contributed by atoms with Crippen LogP contribution in [0.5, 0.6) is 0 Å². The molecule has 0 aliphatic rings. The molecule has 0 atom stereocenters. The van der Waals surface area contributed by atoms with Gasteiger partial charge in [-0.15, -0.1) is 11.3 Å². The van der Waals surface area contributed by atoms with Gasteiger partial charge in [0, 0.05) is 17.8 Å². The van der Waals surface area contributed by atoms with Crippen molar-refractivity contribution in [3.05, 3.63) is 21.9 Å². The second-order valence-electron chi connectivity index (χ2n) is 4.83. The summed E-state index contributed by atoms with van der Waals surface area (Å²) in [5.74, 6) is -0.656. The van der Waals surface area contributed by atoms with Crippen molar-refractivity contribution in [3.8, 4) is 0 Å². The summed E-state index contributed by atoms with van der Waals surface area (Å²) in [6, 6.07) is 3.61. The lowest BCUT2D eigenvalue weighted by Gasteiger charge is -2.06. The van der Waals surface area contributed by atoms with Crippen LogP contribution >= 0.6 is 11.3 Å². The van der Waals surface area contributed by atoms with Crippen molar-refractivity contribution in [3.63, 3.8) is 0 Å². The van der Waals surface area contributed by atoms with E-state index in [-0.39, 0.29) is 24.3 Å². The van der Waals surface area contributed by atoms with E-state index in [0.717, 1.165) is 24.1 Å². The van der Waals surface area contributed by atoms with Gasteiger partial charge in [-0.3, -0.25) is 14.4 Å². The van der Waals surface area contributed by atoms with Gasteiger partial charge in [0.15, 0.2) is 0 Å². The maximum Gasteiger partial charge on any atom is 0.305 e. The van der Waals surface area contributed by atoms with Crippen LogP contribution in [0.2, 0.25) is 0 Å². The standard InChI is InChI=1S/C15H22N2O4S/c1-11-7-8-12(22-11)15(20)17-10-13(18)16-9-5-3-4-6-14(19)21-2/h7-8H,3-6,9-10H2,1-2H3,(H,16,18)(H,17,20). The molecule has 0 unspecified atom stereocenters. The second-order valence-corrected chi connectivity index (χ2v) is 6.12. The van der Waals surface area contributed by atoms with Gasteiger partial charge in [-0.1, -0.05) is 6.42 Å². The van der Waals surface area contributed by atoms with E-state index in [1.807, 2.05) is 13.0 Å². The highest BCUT2D eigenvalue weighted by Crippen LogP contribution is 2.14. The first-order valence-electron chi connectivity index (χ1n) is 7.21. The molecule has 2 N–H and O–H groups in total. The van der Waals surface area contributed by atoms with Crippen molar-refractivity contribution >= 4 is 29.1 Å². The van der Waals surface area contributed by atoms with Crippen molar-refractivity contribution in [2.24, 2.45) is 0 Å². The molecular formula is C15H22N2O4S. The van der Waals surface area contributed by atoms with Crippen LogP contribution < -0.4 is 10.6 Å². The molecule has 0 saturated heterocycles. The molecule has 0 spiro atoms. The Morgan fingerprint density at radius 3 is 2.55 bits per heavy atom. The molecule has 122 valence electrons. The number of nitrogens with one attached hydrogen (secondary N) is 2. The Kier molecular flexibility index (Phi) is 8.21.